The molecule has 5 nitrogen and oxygen atoms in total. The van der Waals surface area contributed by atoms with Crippen LogP contribution in [0.1, 0.15) is 50.5 Å². The number of aliphatic hydroxyl groups is 2. The fourth-order valence-corrected chi connectivity index (χ4v) is 4.34. The first-order chi connectivity index (χ1) is 13.7. The van der Waals surface area contributed by atoms with Gasteiger partial charge >= 0.3 is 0 Å². The quantitative estimate of drug-likeness (QED) is 0.643. The van der Waals surface area contributed by atoms with Gasteiger partial charge in [-0.2, -0.15) is 0 Å². The van der Waals surface area contributed by atoms with E-state index < -0.39 is 6.10 Å². The van der Waals surface area contributed by atoms with E-state index in [1.807, 2.05) is 18.2 Å². The Morgan fingerprint density at radius 3 is 2.07 bits per heavy atom. The standard InChI is InChI=1S/C23H38N2O3/c26-21(17-24-12-3-1-4-13-24)11-10-20-8-7-9-23(16-20)28-19-22(27)18-25-14-5-2-6-15-25/h7-9,16,21-22,26-27H,1-6,10-15,17-19H2. The minimum atomic E-state index is -0.451. The van der Waals surface area contributed by atoms with Crippen molar-refractivity contribution in [3.8, 4) is 5.75 Å². The van der Waals surface area contributed by atoms with Crippen molar-refractivity contribution in [2.75, 3.05) is 45.9 Å². The Kier molecular flexibility index (Phi) is 9.06. The fourth-order valence-electron chi connectivity index (χ4n) is 4.34. The lowest BCUT2D eigenvalue weighted by Crippen LogP contribution is -2.38. The molecule has 2 aliphatic rings. The number of likely N-dealkylation sites (tertiary alicyclic amines) is 2. The molecule has 0 amide bonds. The molecule has 2 heterocycles. The van der Waals surface area contributed by atoms with Gasteiger partial charge < -0.3 is 24.7 Å². The van der Waals surface area contributed by atoms with Crippen LogP contribution in [0.3, 0.4) is 0 Å². The van der Waals surface area contributed by atoms with Gasteiger partial charge in [0.15, 0.2) is 0 Å². The summed E-state index contributed by atoms with van der Waals surface area (Å²) in [4.78, 5) is 4.72. The highest BCUT2D eigenvalue weighted by molar-refractivity contribution is 5.28. The van der Waals surface area contributed by atoms with Gasteiger partial charge in [0.05, 0.1) is 6.10 Å². The maximum atomic E-state index is 10.4. The molecule has 2 N–H and O–H groups in total. The molecule has 1 aromatic carbocycles. The first-order valence-electron chi connectivity index (χ1n) is 11.2. The van der Waals surface area contributed by atoms with E-state index in [2.05, 4.69) is 15.9 Å². The van der Waals surface area contributed by atoms with Crippen molar-refractivity contribution in [1.82, 2.24) is 9.80 Å². The molecule has 0 aliphatic carbocycles. The number of aryl methyl sites for hydroxylation is 1. The maximum Gasteiger partial charge on any atom is 0.119 e. The number of β-amino-alcohol motifs (C(OH)–C–C–N with tert-alkyl or cyclic N) is 2. The Hall–Kier alpha value is -1.14. The zero-order valence-corrected chi connectivity index (χ0v) is 17.3. The average Bonchev–Trinajstić information content (AvgIpc) is 2.73. The highest BCUT2D eigenvalue weighted by Crippen LogP contribution is 2.17. The SMILES string of the molecule is OC(CCc1cccc(OCC(O)CN2CCCCC2)c1)CN1CCCCC1. The summed E-state index contributed by atoms with van der Waals surface area (Å²) in [6.07, 6.45) is 8.53. The summed E-state index contributed by atoms with van der Waals surface area (Å²) in [5.74, 6) is 0.806. The summed E-state index contributed by atoms with van der Waals surface area (Å²) in [5, 5.41) is 20.6. The molecule has 0 aromatic heterocycles. The van der Waals surface area contributed by atoms with Crippen LogP contribution in [-0.2, 0) is 6.42 Å². The Bertz CT molecular complexity index is 511. The summed E-state index contributed by atoms with van der Waals surface area (Å²) in [5.41, 5.74) is 1.18. The average molecular weight is 391 g/mol. The zero-order chi connectivity index (χ0) is 19.6. The van der Waals surface area contributed by atoms with Gasteiger partial charge in [-0.25, -0.2) is 0 Å². The summed E-state index contributed by atoms with van der Waals surface area (Å²) in [6, 6.07) is 8.08. The summed E-state index contributed by atoms with van der Waals surface area (Å²) in [6.45, 7) is 6.25. The molecule has 2 unspecified atom stereocenters. The van der Waals surface area contributed by atoms with Crippen LogP contribution in [0.5, 0.6) is 5.75 Å². The molecule has 2 atom stereocenters. The monoisotopic (exact) mass is 390 g/mol. The van der Waals surface area contributed by atoms with Crippen molar-refractivity contribution in [1.29, 1.82) is 0 Å². The lowest BCUT2D eigenvalue weighted by atomic mass is 10.0. The van der Waals surface area contributed by atoms with Gasteiger partial charge in [-0.05, 0) is 82.4 Å². The molecule has 5 heteroatoms. The largest absolute Gasteiger partial charge is 0.491 e. The van der Waals surface area contributed by atoms with E-state index in [1.54, 1.807) is 0 Å². The minimum absolute atomic E-state index is 0.269. The predicted octanol–water partition coefficient (Wildman–Crippen LogP) is 2.69. The molecular weight excluding hydrogens is 352 g/mol. The molecule has 158 valence electrons. The minimum Gasteiger partial charge on any atom is -0.491 e. The smallest absolute Gasteiger partial charge is 0.119 e. The van der Waals surface area contributed by atoms with E-state index in [0.717, 1.165) is 51.3 Å². The number of rotatable bonds is 10. The first kappa shape index (κ1) is 21.6. The summed E-state index contributed by atoms with van der Waals surface area (Å²) < 4.78 is 5.83. The lowest BCUT2D eigenvalue weighted by Gasteiger charge is -2.28. The summed E-state index contributed by atoms with van der Waals surface area (Å²) >= 11 is 0. The lowest BCUT2D eigenvalue weighted by molar-refractivity contribution is 0.0617. The van der Waals surface area contributed by atoms with Crippen molar-refractivity contribution in [2.24, 2.45) is 0 Å². The van der Waals surface area contributed by atoms with Gasteiger partial charge in [-0.1, -0.05) is 25.0 Å². The van der Waals surface area contributed by atoms with Crippen LogP contribution in [0.15, 0.2) is 24.3 Å². The van der Waals surface area contributed by atoms with E-state index in [0.29, 0.717) is 13.2 Å². The van der Waals surface area contributed by atoms with Crippen LogP contribution in [0.25, 0.3) is 0 Å². The highest BCUT2D eigenvalue weighted by Gasteiger charge is 2.16. The number of nitrogens with zero attached hydrogens (tertiary/aromatic N) is 2. The highest BCUT2D eigenvalue weighted by atomic mass is 16.5. The third kappa shape index (κ3) is 7.70. The number of hydrogen-bond acceptors (Lipinski definition) is 5. The second-order valence-corrected chi connectivity index (χ2v) is 8.53. The molecule has 0 bridgehead atoms. The zero-order valence-electron chi connectivity index (χ0n) is 17.3. The van der Waals surface area contributed by atoms with Crippen LogP contribution < -0.4 is 4.74 Å². The van der Waals surface area contributed by atoms with Crippen LogP contribution in [0.4, 0.5) is 0 Å². The molecule has 2 fully saturated rings. The van der Waals surface area contributed by atoms with Gasteiger partial charge in [0.2, 0.25) is 0 Å². The van der Waals surface area contributed by atoms with Crippen molar-refractivity contribution < 1.29 is 14.9 Å². The van der Waals surface area contributed by atoms with E-state index in [4.69, 9.17) is 4.74 Å². The predicted molar refractivity (Wildman–Crippen MR) is 113 cm³/mol. The fraction of sp³-hybridized carbons (Fsp3) is 0.739. The second kappa shape index (κ2) is 11.8. The second-order valence-electron chi connectivity index (χ2n) is 8.53. The number of aliphatic hydroxyl groups excluding tert-OH is 2. The molecule has 28 heavy (non-hydrogen) atoms. The number of benzene rings is 1. The van der Waals surface area contributed by atoms with Crippen LogP contribution in [0, 0.1) is 0 Å². The van der Waals surface area contributed by atoms with E-state index in [-0.39, 0.29) is 6.10 Å². The van der Waals surface area contributed by atoms with Crippen LogP contribution >= 0.6 is 0 Å². The Morgan fingerprint density at radius 2 is 1.43 bits per heavy atom. The van der Waals surface area contributed by atoms with Gasteiger partial charge in [0.25, 0.3) is 0 Å². The normalized spacial score (nSPS) is 21.4. The van der Waals surface area contributed by atoms with Crippen molar-refractivity contribution in [2.45, 2.75) is 63.6 Å². The van der Waals surface area contributed by atoms with Crippen molar-refractivity contribution in [3.05, 3.63) is 29.8 Å². The maximum absolute atomic E-state index is 10.4. The molecular formula is C23H38N2O3. The first-order valence-corrected chi connectivity index (χ1v) is 11.2. The number of hydrogen-bond donors (Lipinski definition) is 2. The van der Waals surface area contributed by atoms with Gasteiger partial charge in [0, 0.05) is 13.1 Å². The Balaban J connectivity index is 1.36. The molecule has 0 saturated carbocycles. The van der Waals surface area contributed by atoms with E-state index in [1.165, 1.54) is 44.1 Å². The number of piperidine rings is 2. The molecule has 0 radical (unpaired) electrons. The van der Waals surface area contributed by atoms with E-state index >= 15 is 0 Å². The third-order valence-electron chi connectivity index (χ3n) is 5.94. The van der Waals surface area contributed by atoms with Crippen molar-refractivity contribution in [3.63, 3.8) is 0 Å². The Labute approximate surface area is 170 Å². The molecule has 2 aliphatic heterocycles. The van der Waals surface area contributed by atoms with Gasteiger partial charge in [-0.15, -0.1) is 0 Å². The Morgan fingerprint density at radius 1 is 0.821 bits per heavy atom. The molecule has 0 spiro atoms. The topological polar surface area (TPSA) is 56.2 Å². The van der Waals surface area contributed by atoms with Gasteiger partial charge in [0.1, 0.15) is 18.5 Å². The molecule has 1 aromatic rings. The molecule has 3 rings (SSSR count). The number of ether oxygens (including phenoxy) is 1. The third-order valence-corrected chi connectivity index (χ3v) is 5.94. The van der Waals surface area contributed by atoms with Gasteiger partial charge in [-0.3, -0.25) is 0 Å². The van der Waals surface area contributed by atoms with Crippen LogP contribution in [-0.4, -0.2) is 78.1 Å². The van der Waals surface area contributed by atoms with Crippen molar-refractivity contribution >= 4 is 0 Å². The van der Waals surface area contributed by atoms with Crippen LogP contribution in [0.2, 0.25) is 0 Å². The summed E-state index contributed by atoms with van der Waals surface area (Å²) in [7, 11) is 0. The van der Waals surface area contributed by atoms with E-state index in [9.17, 15) is 10.2 Å². The molecule has 2 saturated heterocycles.